The first-order valence-corrected chi connectivity index (χ1v) is 10.9. The van der Waals surface area contributed by atoms with Crippen molar-refractivity contribution in [1.29, 1.82) is 0 Å². The van der Waals surface area contributed by atoms with Crippen molar-refractivity contribution in [2.45, 2.75) is 13.5 Å². The Hall–Kier alpha value is -3.99. The van der Waals surface area contributed by atoms with Crippen LogP contribution in [0.1, 0.15) is 32.2 Å². The lowest BCUT2D eigenvalue weighted by atomic mass is 10.1. The molecule has 1 fully saturated rings. The van der Waals surface area contributed by atoms with Crippen LogP contribution in [-0.2, 0) is 13.6 Å². The fourth-order valence-electron chi connectivity index (χ4n) is 3.98. The second kappa shape index (κ2) is 9.48. The van der Waals surface area contributed by atoms with Crippen LogP contribution in [0.3, 0.4) is 0 Å². The highest BCUT2D eigenvalue weighted by atomic mass is 16.5. The van der Waals surface area contributed by atoms with Crippen LogP contribution in [0.5, 0.6) is 0 Å². The zero-order chi connectivity index (χ0) is 24.4. The third kappa shape index (κ3) is 4.55. The predicted molar refractivity (Wildman–Crippen MR) is 124 cm³/mol. The van der Waals surface area contributed by atoms with Gasteiger partial charge in [-0.05, 0) is 12.5 Å². The molecule has 1 aliphatic heterocycles. The van der Waals surface area contributed by atoms with Crippen molar-refractivity contribution >= 4 is 17.5 Å². The van der Waals surface area contributed by atoms with Gasteiger partial charge in [0.05, 0.1) is 18.8 Å². The summed E-state index contributed by atoms with van der Waals surface area (Å²) in [6.45, 7) is 3.50. The summed E-state index contributed by atoms with van der Waals surface area (Å²) in [5.41, 5.74) is 6.12. The number of nitrogens with two attached hydrogens (primary N) is 1. The number of benzene rings is 1. The maximum Gasteiger partial charge on any atom is 0.332 e. The van der Waals surface area contributed by atoms with Gasteiger partial charge in [0.2, 0.25) is 5.76 Å². The highest BCUT2D eigenvalue weighted by Gasteiger charge is 2.28. The molecular formula is C23H26N6O5. The number of ketones is 1. The van der Waals surface area contributed by atoms with E-state index in [0.717, 1.165) is 10.1 Å². The number of nitrogen functional groups attached to an aromatic ring is 1. The Labute approximate surface area is 195 Å². The van der Waals surface area contributed by atoms with Gasteiger partial charge in [0.25, 0.3) is 11.5 Å². The number of nitrogens with zero attached hydrogens (tertiary/aromatic N) is 5. The SMILES string of the molecule is Cc1cc(C(=O)N2CCN(CC(=O)c3c(N)n(Cc4ccccc4)c(=O)n(C)c3=O)CC2)on1. The van der Waals surface area contributed by atoms with Gasteiger partial charge in [0.1, 0.15) is 11.4 Å². The van der Waals surface area contributed by atoms with Crippen LogP contribution in [-0.4, -0.2) is 68.5 Å². The van der Waals surface area contributed by atoms with Crippen LogP contribution in [0.15, 0.2) is 50.5 Å². The van der Waals surface area contributed by atoms with Gasteiger partial charge in [-0.25, -0.2) is 4.79 Å². The molecule has 3 aromatic rings. The Morgan fingerprint density at radius 1 is 1.09 bits per heavy atom. The monoisotopic (exact) mass is 466 g/mol. The van der Waals surface area contributed by atoms with Gasteiger partial charge < -0.3 is 15.2 Å². The van der Waals surface area contributed by atoms with Crippen LogP contribution < -0.4 is 17.0 Å². The van der Waals surface area contributed by atoms with E-state index in [1.807, 2.05) is 35.2 Å². The van der Waals surface area contributed by atoms with Crippen molar-refractivity contribution in [3.63, 3.8) is 0 Å². The Balaban J connectivity index is 1.48. The summed E-state index contributed by atoms with van der Waals surface area (Å²) >= 11 is 0. The van der Waals surface area contributed by atoms with E-state index in [-0.39, 0.29) is 36.1 Å². The number of piperazine rings is 1. The smallest absolute Gasteiger partial charge is 0.332 e. The summed E-state index contributed by atoms with van der Waals surface area (Å²) in [4.78, 5) is 54.5. The summed E-state index contributed by atoms with van der Waals surface area (Å²) in [6.07, 6.45) is 0. The number of carbonyl (C=O) groups excluding carboxylic acids is 2. The highest BCUT2D eigenvalue weighted by Crippen LogP contribution is 2.13. The molecule has 0 atom stereocenters. The predicted octanol–water partition coefficient (Wildman–Crippen LogP) is 0.115. The summed E-state index contributed by atoms with van der Waals surface area (Å²) in [5, 5.41) is 3.74. The third-order valence-corrected chi connectivity index (χ3v) is 5.91. The minimum atomic E-state index is -0.716. The highest BCUT2D eigenvalue weighted by molar-refractivity contribution is 6.01. The number of anilines is 1. The zero-order valence-corrected chi connectivity index (χ0v) is 19.1. The van der Waals surface area contributed by atoms with Gasteiger partial charge in [-0.2, -0.15) is 0 Å². The van der Waals surface area contributed by atoms with E-state index in [1.54, 1.807) is 17.9 Å². The summed E-state index contributed by atoms with van der Waals surface area (Å²) in [5.74, 6) is -0.682. The number of carbonyl (C=O) groups is 2. The number of aryl methyl sites for hydroxylation is 1. The minimum Gasteiger partial charge on any atom is -0.384 e. The van der Waals surface area contributed by atoms with Crippen molar-refractivity contribution in [3.05, 3.63) is 79.8 Å². The lowest BCUT2D eigenvalue weighted by Crippen LogP contribution is -2.50. The Morgan fingerprint density at radius 2 is 1.76 bits per heavy atom. The molecule has 1 aliphatic rings. The molecule has 11 heteroatoms. The average Bonchev–Trinajstić information content (AvgIpc) is 3.27. The van der Waals surface area contributed by atoms with Crippen LogP contribution in [0.4, 0.5) is 5.82 Å². The maximum absolute atomic E-state index is 13.1. The van der Waals surface area contributed by atoms with Gasteiger partial charge >= 0.3 is 5.69 Å². The second-order valence-corrected chi connectivity index (χ2v) is 8.30. The maximum atomic E-state index is 13.1. The standard InChI is InChI=1S/C23H26N6O5/c1-15-12-18(34-25-15)21(31)28-10-8-27(9-11-28)14-17(30)19-20(24)29(23(33)26(2)22(19)32)13-16-6-4-3-5-7-16/h3-7,12H,8-11,13-14,24H2,1-2H3. The zero-order valence-electron chi connectivity index (χ0n) is 19.1. The van der Waals surface area contributed by atoms with Crippen LogP contribution >= 0.6 is 0 Å². The number of hydrogen-bond acceptors (Lipinski definition) is 8. The van der Waals surface area contributed by atoms with Crippen LogP contribution in [0.2, 0.25) is 0 Å². The van der Waals surface area contributed by atoms with Crippen molar-refractivity contribution < 1.29 is 14.1 Å². The normalized spacial score (nSPS) is 14.4. The van der Waals surface area contributed by atoms with E-state index in [9.17, 15) is 19.2 Å². The molecule has 0 saturated carbocycles. The van der Waals surface area contributed by atoms with Gasteiger partial charge in [-0.1, -0.05) is 35.5 Å². The summed E-state index contributed by atoms with van der Waals surface area (Å²) in [6, 6.07) is 10.8. The Bertz CT molecular complexity index is 1330. The molecule has 2 aromatic heterocycles. The number of amides is 1. The van der Waals surface area contributed by atoms with E-state index in [4.69, 9.17) is 10.3 Å². The lowest BCUT2D eigenvalue weighted by molar-refractivity contribution is 0.0587. The fourth-order valence-corrected chi connectivity index (χ4v) is 3.98. The number of aromatic nitrogens is 3. The molecule has 11 nitrogen and oxygen atoms in total. The minimum absolute atomic E-state index is 0.0492. The molecule has 0 unspecified atom stereocenters. The van der Waals surface area contributed by atoms with E-state index >= 15 is 0 Å². The molecule has 0 bridgehead atoms. The van der Waals surface area contributed by atoms with E-state index in [1.165, 1.54) is 11.6 Å². The molecule has 1 amide bonds. The van der Waals surface area contributed by atoms with E-state index < -0.39 is 17.0 Å². The molecule has 1 aromatic carbocycles. The quantitative estimate of drug-likeness (QED) is 0.506. The van der Waals surface area contributed by atoms with Gasteiger partial charge in [-0.15, -0.1) is 0 Å². The molecule has 2 N–H and O–H groups in total. The fraction of sp³-hybridized carbons (Fsp3) is 0.348. The molecule has 3 heterocycles. The molecule has 1 saturated heterocycles. The first kappa shape index (κ1) is 23.2. The number of Topliss-reactive ketones (excluding diaryl/α,β-unsaturated/α-hetero) is 1. The molecular weight excluding hydrogens is 440 g/mol. The summed E-state index contributed by atoms with van der Waals surface area (Å²) in [7, 11) is 1.33. The Kier molecular flexibility index (Phi) is 6.46. The summed E-state index contributed by atoms with van der Waals surface area (Å²) < 4.78 is 7.18. The van der Waals surface area contributed by atoms with E-state index in [2.05, 4.69) is 5.16 Å². The van der Waals surface area contributed by atoms with Crippen molar-refractivity contribution in [2.75, 3.05) is 38.5 Å². The Morgan fingerprint density at radius 3 is 2.38 bits per heavy atom. The van der Waals surface area contributed by atoms with Crippen LogP contribution in [0.25, 0.3) is 0 Å². The van der Waals surface area contributed by atoms with Crippen molar-refractivity contribution in [1.82, 2.24) is 24.1 Å². The largest absolute Gasteiger partial charge is 0.384 e. The molecule has 0 radical (unpaired) electrons. The van der Waals surface area contributed by atoms with Crippen molar-refractivity contribution in [2.24, 2.45) is 7.05 Å². The molecule has 0 spiro atoms. The average molecular weight is 466 g/mol. The van der Waals surface area contributed by atoms with Gasteiger partial charge in [0.15, 0.2) is 5.78 Å². The molecule has 34 heavy (non-hydrogen) atoms. The lowest BCUT2D eigenvalue weighted by Gasteiger charge is -2.33. The van der Waals surface area contributed by atoms with Crippen molar-refractivity contribution in [3.8, 4) is 0 Å². The van der Waals surface area contributed by atoms with E-state index in [0.29, 0.717) is 31.9 Å². The number of rotatable bonds is 6. The number of hydrogen-bond donors (Lipinski definition) is 1. The molecule has 4 rings (SSSR count). The molecule has 0 aliphatic carbocycles. The topological polar surface area (TPSA) is 137 Å². The molecule has 178 valence electrons. The van der Waals surface area contributed by atoms with Crippen LogP contribution in [0, 0.1) is 6.92 Å². The second-order valence-electron chi connectivity index (χ2n) is 8.30. The first-order valence-electron chi connectivity index (χ1n) is 10.9. The first-order chi connectivity index (χ1) is 16.3. The third-order valence-electron chi connectivity index (χ3n) is 5.91. The van der Waals surface area contributed by atoms with Gasteiger partial charge in [-0.3, -0.25) is 28.4 Å². The van der Waals surface area contributed by atoms with Gasteiger partial charge in [0, 0.05) is 39.3 Å².